The first-order chi connectivity index (χ1) is 13.3. The zero-order valence-corrected chi connectivity index (χ0v) is 16.3. The molecule has 0 spiro atoms. The van der Waals surface area contributed by atoms with Gasteiger partial charge in [0.15, 0.2) is 5.96 Å². The predicted molar refractivity (Wildman–Crippen MR) is 113 cm³/mol. The van der Waals surface area contributed by atoms with E-state index in [9.17, 15) is 0 Å². The molecule has 0 saturated carbocycles. The average molecular weight is 367 g/mol. The fourth-order valence-electron chi connectivity index (χ4n) is 3.32. The molecule has 1 fully saturated rings. The van der Waals surface area contributed by atoms with Crippen LogP contribution in [0.5, 0.6) is 0 Å². The number of hydrogen-bond acceptors (Lipinski definition) is 3. The molecule has 1 heterocycles. The van der Waals surface area contributed by atoms with Crippen LogP contribution in [0, 0.1) is 0 Å². The summed E-state index contributed by atoms with van der Waals surface area (Å²) in [5.74, 6) is 1.25. The molecule has 3 rings (SSSR count). The molecule has 0 bridgehead atoms. The highest BCUT2D eigenvalue weighted by atomic mass is 16.5. The van der Waals surface area contributed by atoms with Crippen LogP contribution < -0.4 is 15.5 Å². The first kappa shape index (κ1) is 19.2. The van der Waals surface area contributed by atoms with Crippen LogP contribution >= 0.6 is 0 Å². The van der Waals surface area contributed by atoms with Gasteiger partial charge < -0.3 is 20.3 Å². The summed E-state index contributed by atoms with van der Waals surface area (Å²) in [6.45, 7) is 7.28. The molecule has 5 nitrogen and oxygen atoms in total. The molecule has 0 amide bonds. The van der Waals surface area contributed by atoms with Gasteiger partial charge in [-0.2, -0.15) is 0 Å². The number of nitrogens with zero attached hydrogens (tertiary/aromatic N) is 2. The summed E-state index contributed by atoms with van der Waals surface area (Å²) >= 11 is 0. The van der Waals surface area contributed by atoms with E-state index in [1.807, 2.05) is 7.05 Å². The first-order valence-electron chi connectivity index (χ1n) is 9.68. The minimum atomic E-state index is 0.422. The molecular formula is C22H30N4O. The summed E-state index contributed by atoms with van der Waals surface area (Å²) in [5, 5.41) is 6.90. The summed E-state index contributed by atoms with van der Waals surface area (Å²) in [6, 6.07) is 19.1. The number of morpholine rings is 1. The molecule has 1 aliphatic heterocycles. The highest BCUT2D eigenvalue weighted by molar-refractivity contribution is 5.79. The maximum atomic E-state index is 5.48. The summed E-state index contributed by atoms with van der Waals surface area (Å²) in [6.07, 6.45) is 0. The van der Waals surface area contributed by atoms with Crippen molar-refractivity contribution >= 4 is 11.6 Å². The van der Waals surface area contributed by atoms with Crippen LogP contribution in [-0.4, -0.2) is 45.9 Å². The summed E-state index contributed by atoms with van der Waals surface area (Å²) in [7, 11) is 1.82. The molecule has 1 aliphatic rings. The third kappa shape index (κ3) is 5.47. The van der Waals surface area contributed by atoms with Crippen LogP contribution in [0.25, 0.3) is 0 Å². The molecule has 2 aromatic rings. The van der Waals surface area contributed by atoms with Gasteiger partial charge in [-0.15, -0.1) is 0 Å². The molecule has 27 heavy (non-hydrogen) atoms. The van der Waals surface area contributed by atoms with Gasteiger partial charge in [-0.25, -0.2) is 0 Å². The first-order valence-corrected chi connectivity index (χ1v) is 9.68. The Morgan fingerprint density at radius 3 is 2.48 bits per heavy atom. The number of ether oxygens (including phenoxy) is 1. The Kier molecular flexibility index (Phi) is 7.11. The van der Waals surface area contributed by atoms with E-state index in [0.29, 0.717) is 5.92 Å². The van der Waals surface area contributed by atoms with Crippen molar-refractivity contribution in [1.82, 2.24) is 10.6 Å². The monoisotopic (exact) mass is 366 g/mol. The van der Waals surface area contributed by atoms with E-state index < -0.39 is 0 Å². The van der Waals surface area contributed by atoms with E-state index in [0.717, 1.165) is 45.4 Å². The summed E-state index contributed by atoms with van der Waals surface area (Å²) < 4.78 is 5.48. The molecule has 1 saturated heterocycles. The van der Waals surface area contributed by atoms with Crippen LogP contribution in [0.2, 0.25) is 0 Å². The standard InChI is InChI=1S/C22H30N4O/c1-18(19-8-4-3-5-9-19)16-24-22(23-2)25-17-20-10-6-7-11-21(20)26-12-14-27-15-13-26/h3-11,18H,12-17H2,1-2H3,(H2,23,24,25). The van der Waals surface area contributed by atoms with E-state index in [4.69, 9.17) is 4.74 Å². The Bertz CT molecular complexity index is 726. The zero-order valence-electron chi connectivity index (χ0n) is 16.3. The van der Waals surface area contributed by atoms with E-state index in [1.54, 1.807) is 0 Å². The molecule has 2 N–H and O–H groups in total. The largest absolute Gasteiger partial charge is 0.378 e. The quantitative estimate of drug-likeness (QED) is 0.610. The van der Waals surface area contributed by atoms with Crippen molar-refractivity contribution in [2.24, 2.45) is 4.99 Å². The van der Waals surface area contributed by atoms with Crippen molar-refractivity contribution < 1.29 is 4.74 Å². The molecular weight excluding hydrogens is 336 g/mol. The third-order valence-electron chi connectivity index (χ3n) is 4.96. The van der Waals surface area contributed by atoms with Gasteiger partial charge in [0, 0.05) is 38.9 Å². The van der Waals surface area contributed by atoms with E-state index >= 15 is 0 Å². The number of guanidine groups is 1. The van der Waals surface area contributed by atoms with Gasteiger partial charge in [0.25, 0.3) is 0 Å². The van der Waals surface area contributed by atoms with Gasteiger partial charge in [-0.3, -0.25) is 4.99 Å². The van der Waals surface area contributed by atoms with Crippen LogP contribution in [0.1, 0.15) is 24.0 Å². The molecule has 2 aromatic carbocycles. The topological polar surface area (TPSA) is 48.9 Å². The maximum Gasteiger partial charge on any atom is 0.191 e. The van der Waals surface area contributed by atoms with Crippen molar-refractivity contribution in [2.45, 2.75) is 19.4 Å². The second-order valence-electron chi connectivity index (χ2n) is 6.85. The fourth-order valence-corrected chi connectivity index (χ4v) is 3.32. The lowest BCUT2D eigenvalue weighted by atomic mass is 10.0. The van der Waals surface area contributed by atoms with E-state index in [2.05, 4.69) is 82.0 Å². The third-order valence-corrected chi connectivity index (χ3v) is 4.96. The van der Waals surface area contributed by atoms with Crippen LogP contribution in [0.3, 0.4) is 0 Å². The van der Waals surface area contributed by atoms with E-state index in [-0.39, 0.29) is 0 Å². The van der Waals surface area contributed by atoms with Crippen molar-refractivity contribution in [3.63, 3.8) is 0 Å². The lowest BCUT2D eigenvalue weighted by molar-refractivity contribution is 0.122. The molecule has 1 unspecified atom stereocenters. The molecule has 0 radical (unpaired) electrons. The van der Waals surface area contributed by atoms with Crippen molar-refractivity contribution in [2.75, 3.05) is 44.8 Å². The number of benzene rings is 2. The number of para-hydroxylation sites is 1. The smallest absolute Gasteiger partial charge is 0.191 e. The van der Waals surface area contributed by atoms with E-state index in [1.165, 1.54) is 16.8 Å². The second-order valence-corrected chi connectivity index (χ2v) is 6.85. The average Bonchev–Trinajstić information content (AvgIpc) is 2.75. The Hall–Kier alpha value is -2.53. The minimum absolute atomic E-state index is 0.422. The lowest BCUT2D eigenvalue weighted by Gasteiger charge is -2.30. The normalized spacial score (nSPS) is 16.1. The van der Waals surface area contributed by atoms with Crippen molar-refractivity contribution in [1.29, 1.82) is 0 Å². The van der Waals surface area contributed by atoms with Gasteiger partial charge in [-0.1, -0.05) is 55.5 Å². The van der Waals surface area contributed by atoms with Gasteiger partial charge in [0.1, 0.15) is 0 Å². The van der Waals surface area contributed by atoms with Gasteiger partial charge >= 0.3 is 0 Å². The Balaban J connectivity index is 1.55. The van der Waals surface area contributed by atoms with Crippen molar-refractivity contribution in [3.8, 4) is 0 Å². The number of rotatable bonds is 6. The maximum absolute atomic E-state index is 5.48. The molecule has 1 atom stereocenters. The number of nitrogens with one attached hydrogen (secondary N) is 2. The zero-order chi connectivity index (χ0) is 18.9. The minimum Gasteiger partial charge on any atom is -0.378 e. The Morgan fingerprint density at radius 1 is 1.04 bits per heavy atom. The summed E-state index contributed by atoms with van der Waals surface area (Å²) in [5.41, 5.74) is 3.89. The Morgan fingerprint density at radius 2 is 1.74 bits per heavy atom. The van der Waals surface area contributed by atoms with Gasteiger partial charge in [-0.05, 0) is 23.1 Å². The van der Waals surface area contributed by atoms with Crippen molar-refractivity contribution in [3.05, 3.63) is 65.7 Å². The van der Waals surface area contributed by atoms with Gasteiger partial charge in [0.05, 0.1) is 13.2 Å². The van der Waals surface area contributed by atoms with Crippen LogP contribution in [0.15, 0.2) is 59.6 Å². The van der Waals surface area contributed by atoms with Crippen LogP contribution in [-0.2, 0) is 11.3 Å². The number of hydrogen-bond donors (Lipinski definition) is 2. The molecule has 144 valence electrons. The predicted octanol–water partition coefficient (Wildman–Crippen LogP) is 2.99. The molecule has 0 aromatic heterocycles. The highest BCUT2D eigenvalue weighted by Gasteiger charge is 2.14. The Labute approximate surface area is 162 Å². The van der Waals surface area contributed by atoms with Crippen LogP contribution in [0.4, 0.5) is 5.69 Å². The second kappa shape index (κ2) is 9.97. The highest BCUT2D eigenvalue weighted by Crippen LogP contribution is 2.21. The number of anilines is 1. The van der Waals surface area contributed by atoms with Gasteiger partial charge in [0.2, 0.25) is 0 Å². The molecule has 0 aliphatic carbocycles. The summed E-state index contributed by atoms with van der Waals surface area (Å²) in [4.78, 5) is 6.77. The lowest BCUT2D eigenvalue weighted by Crippen LogP contribution is -2.40. The molecule has 5 heteroatoms. The SMILES string of the molecule is CN=C(NCc1ccccc1N1CCOCC1)NCC(C)c1ccccc1. The number of aliphatic imine (C=N–C) groups is 1. The fraction of sp³-hybridized carbons (Fsp3) is 0.409.